The van der Waals surface area contributed by atoms with Crippen LogP contribution in [0.2, 0.25) is 0 Å². The summed E-state index contributed by atoms with van der Waals surface area (Å²) in [6.45, 7) is 1.11. The summed E-state index contributed by atoms with van der Waals surface area (Å²) in [5, 5.41) is 43.2. The zero-order valence-electron chi connectivity index (χ0n) is 12.7. The summed E-state index contributed by atoms with van der Waals surface area (Å²) >= 11 is 0. The quantitative estimate of drug-likeness (QED) is 0.464. The number of carbonyl (C=O) groups excluding carboxylic acids is 2. The highest BCUT2D eigenvalue weighted by Crippen LogP contribution is 2.48. The van der Waals surface area contributed by atoms with E-state index in [1.54, 1.807) is 4.98 Å². The summed E-state index contributed by atoms with van der Waals surface area (Å²) in [4.78, 5) is 46.5. The van der Waals surface area contributed by atoms with Crippen LogP contribution in [0, 0.1) is 5.82 Å². The summed E-state index contributed by atoms with van der Waals surface area (Å²) < 4.78 is 18.9. The number of carboxylic acids is 2. The molecule has 2 rings (SSSR count). The largest absolute Gasteiger partial charge is 0.550 e. The summed E-state index contributed by atoms with van der Waals surface area (Å²) in [5.41, 5.74) is -8.26. The number of carbonyl (C=O) groups is 2. The lowest BCUT2D eigenvalue weighted by molar-refractivity contribution is -0.321. The van der Waals surface area contributed by atoms with Gasteiger partial charge in [-0.05, 0) is 6.92 Å². The van der Waals surface area contributed by atoms with Crippen LogP contribution in [-0.2, 0) is 14.3 Å². The molecule has 1 aliphatic rings. The van der Waals surface area contributed by atoms with Crippen LogP contribution in [-0.4, -0.2) is 49.0 Å². The van der Waals surface area contributed by atoms with Crippen molar-refractivity contribution in [2.24, 2.45) is 0 Å². The maximum absolute atomic E-state index is 13.5. The molecule has 0 aromatic carbocycles. The number of carboxylic acid groups (broad SMARTS) is 2. The molecule has 1 fully saturated rings. The van der Waals surface area contributed by atoms with Crippen molar-refractivity contribution in [2.75, 3.05) is 0 Å². The predicted octanol–water partition coefficient (Wildman–Crippen LogP) is -4.66. The molecule has 11 nitrogen and oxygen atoms in total. The first kappa shape index (κ1) is 18.8. The fourth-order valence-corrected chi connectivity index (χ4v) is 2.89. The van der Waals surface area contributed by atoms with Crippen molar-refractivity contribution in [1.29, 1.82) is 0 Å². The van der Waals surface area contributed by atoms with Crippen molar-refractivity contribution in [3.63, 3.8) is 0 Å². The van der Waals surface area contributed by atoms with E-state index in [0.717, 1.165) is 6.92 Å². The lowest BCUT2D eigenvalue weighted by atomic mass is 9.76. The Morgan fingerprint density at radius 2 is 1.80 bits per heavy atom. The van der Waals surface area contributed by atoms with E-state index >= 15 is 0 Å². The minimum absolute atomic E-state index is 0.309. The van der Waals surface area contributed by atoms with Crippen molar-refractivity contribution < 1.29 is 39.1 Å². The van der Waals surface area contributed by atoms with Crippen molar-refractivity contribution in [1.82, 2.24) is 9.55 Å². The van der Waals surface area contributed by atoms with E-state index in [0.29, 0.717) is 10.8 Å². The van der Waals surface area contributed by atoms with Gasteiger partial charge >= 0.3 is 5.69 Å². The normalized spacial score (nSPS) is 31.8. The highest BCUT2D eigenvalue weighted by atomic mass is 19.1. The molecule has 138 valence electrons. The molecular weight excluding hydrogens is 347 g/mol. The SMILES string of the molecule is C[C@H]1O[C@@H](n2cc(F)c(=O)[nH]c2=O)[C@@](O)(CC(=O)[O-])[C@@]1(O)CC(=O)[O-]. The topological polar surface area (TPSA) is 185 Å². The smallest absolute Gasteiger partial charge is 0.330 e. The molecule has 0 radical (unpaired) electrons. The van der Waals surface area contributed by atoms with Gasteiger partial charge in [0.05, 0.1) is 12.3 Å². The summed E-state index contributed by atoms with van der Waals surface area (Å²) in [5.74, 6) is -5.20. The zero-order valence-corrected chi connectivity index (χ0v) is 12.7. The maximum atomic E-state index is 13.5. The Kier molecular flexibility index (Phi) is 4.55. The van der Waals surface area contributed by atoms with Crippen LogP contribution in [0.4, 0.5) is 4.39 Å². The van der Waals surface area contributed by atoms with Crippen molar-refractivity contribution in [3.8, 4) is 0 Å². The number of hydrogen-bond donors (Lipinski definition) is 3. The third-order valence-electron chi connectivity index (χ3n) is 4.17. The Morgan fingerprint density at radius 3 is 2.32 bits per heavy atom. The van der Waals surface area contributed by atoms with Gasteiger partial charge in [0.2, 0.25) is 5.82 Å². The molecule has 4 atom stereocenters. The molecular formula is C13H13FN2O9-2. The zero-order chi connectivity index (χ0) is 19.2. The van der Waals surface area contributed by atoms with Crippen molar-refractivity contribution >= 4 is 11.9 Å². The first-order valence-electron chi connectivity index (χ1n) is 6.93. The van der Waals surface area contributed by atoms with Crippen LogP contribution < -0.4 is 21.5 Å². The van der Waals surface area contributed by atoms with Gasteiger partial charge in [0.25, 0.3) is 5.56 Å². The number of aromatic nitrogens is 2. The Bertz CT molecular complexity index is 834. The van der Waals surface area contributed by atoms with Crippen LogP contribution in [0.25, 0.3) is 0 Å². The number of aliphatic carboxylic acids is 2. The van der Waals surface area contributed by atoms with Gasteiger partial charge < -0.3 is 34.8 Å². The number of aliphatic hydroxyl groups is 2. The number of hydrogen-bond acceptors (Lipinski definition) is 9. The molecule has 3 N–H and O–H groups in total. The second-order valence-corrected chi connectivity index (χ2v) is 5.72. The van der Waals surface area contributed by atoms with Crippen LogP contribution >= 0.6 is 0 Å². The lowest BCUT2D eigenvalue weighted by Crippen LogP contribution is -2.62. The van der Waals surface area contributed by atoms with E-state index in [4.69, 9.17) is 4.74 Å². The van der Waals surface area contributed by atoms with Gasteiger partial charge in [0.15, 0.2) is 6.23 Å². The summed E-state index contributed by atoms with van der Waals surface area (Å²) in [6.07, 6.45) is -5.78. The van der Waals surface area contributed by atoms with E-state index in [1.165, 1.54) is 0 Å². The van der Waals surface area contributed by atoms with E-state index in [-0.39, 0.29) is 0 Å². The van der Waals surface area contributed by atoms with E-state index < -0.39 is 65.4 Å². The fourth-order valence-electron chi connectivity index (χ4n) is 2.89. The molecule has 0 unspecified atom stereocenters. The number of nitrogens with zero attached hydrogens (tertiary/aromatic N) is 1. The van der Waals surface area contributed by atoms with E-state index in [9.17, 15) is 44.0 Å². The maximum Gasteiger partial charge on any atom is 0.330 e. The van der Waals surface area contributed by atoms with Gasteiger partial charge in [-0.15, -0.1) is 0 Å². The van der Waals surface area contributed by atoms with Gasteiger partial charge in [-0.2, -0.15) is 4.39 Å². The average Bonchev–Trinajstić information content (AvgIpc) is 2.63. The molecule has 1 aromatic heterocycles. The highest BCUT2D eigenvalue weighted by Gasteiger charge is 2.65. The molecule has 1 saturated heterocycles. The number of rotatable bonds is 5. The third kappa shape index (κ3) is 2.94. The second kappa shape index (κ2) is 6.06. The summed E-state index contributed by atoms with van der Waals surface area (Å²) in [7, 11) is 0. The Balaban J connectivity index is 2.67. The molecule has 0 bridgehead atoms. The Hall–Kier alpha value is -2.57. The average molecular weight is 360 g/mol. The number of nitrogens with one attached hydrogen (secondary N) is 1. The Labute approximate surface area is 137 Å². The number of H-pyrrole nitrogens is 1. The molecule has 0 aliphatic carbocycles. The van der Waals surface area contributed by atoms with E-state index in [2.05, 4.69) is 0 Å². The Morgan fingerprint density at radius 1 is 1.28 bits per heavy atom. The minimum atomic E-state index is -2.90. The van der Waals surface area contributed by atoms with E-state index in [1.807, 2.05) is 0 Å². The third-order valence-corrected chi connectivity index (χ3v) is 4.17. The van der Waals surface area contributed by atoms with Gasteiger partial charge in [0, 0.05) is 24.8 Å². The van der Waals surface area contributed by atoms with Crippen LogP contribution in [0.1, 0.15) is 26.0 Å². The minimum Gasteiger partial charge on any atom is -0.550 e. The molecule has 0 amide bonds. The first-order chi connectivity index (χ1) is 11.4. The molecule has 2 heterocycles. The van der Waals surface area contributed by atoms with Gasteiger partial charge in [0.1, 0.15) is 11.2 Å². The van der Waals surface area contributed by atoms with Crippen molar-refractivity contribution in [2.45, 2.75) is 43.3 Å². The first-order valence-corrected chi connectivity index (χ1v) is 6.93. The van der Waals surface area contributed by atoms with Crippen LogP contribution in [0.5, 0.6) is 0 Å². The molecule has 25 heavy (non-hydrogen) atoms. The monoisotopic (exact) mass is 360 g/mol. The fraction of sp³-hybridized carbons (Fsp3) is 0.538. The number of aromatic amines is 1. The van der Waals surface area contributed by atoms with Gasteiger partial charge in [-0.1, -0.05) is 0 Å². The van der Waals surface area contributed by atoms with Crippen LogP contribution in [0.3, 0.4) is 0 Å². The number of ether oxygens (including phenoxy) is 1. The van der Waals surface area contributed by atoms with Gasteiger partial charge in [-0.25, -0.2) is 4.79 Å². The molecule has 1 aromatic rings. The predicted molar refractivity (Wildman–Crippen MR) is 70.0 cm³/mol. The molecule has 12 heteroatoms. The number of halogens is 1. The van der Waals surface area contributed by atoms with Crippen molar-refractivity contribution in [3.05, 3.63) is 32.9 Å². The van der Waals surface area contributed by atoms with Gasteiger partial charge in [-0.3, -0.25) is 14.3 Å². The second-order valence-electron chi connectivity index (χ2n) is 5.72. The van der Waals surface area contributed by atoms with Crippen LogP contribution in [0.15, 0.2) is 15.8 Å². The molecule has 0 saturated carbocycles. The summed E-state index contributed by atoms with van der Waals surface area (Å²) in [6, 6.07) is 0. The lowest BCUT2D eigenvalue weighted by Gasteiger charge is -2.41. The molecule has 0 spiro atoms. The standard InChI is InChI=1S/C13H15FN2O9/c1-5-12(23,2-7(17)18)13(24,3-8(19)20)10(25-5)16-4-6(14)9(21)15-11(16)22/h4-5,10,23-24H,2-3H2,1H3,(H,17,18)(H,19,20)(H,15,21,22)/p-2/t5-,10-,12-,13+/m1/s1. The highest BCUT2D eigenvalue weighted by molar-refractivity contribution is 5.69. The molecule has 1 aliphatic heterocycles.